The topological polar surface area (TPSA) is 63.6 Å². The summed E-state index contributed by atoms with van der Waals surface area (Å²) in [5, 5.41) is 9.31. The van der Waals surface area contributed by atoms with Gasteiger partial charge in [0.15, 0.2) is 11.5 Å². The predicted octanol–water partition coefficient (Wildman–Crippen LogP) is 2.13. The number of sulfone groups is 1. The van der Waals surface area contributed by atoms with E-state index in [2.05, 4.69) is 0 Å². The van der Waals surface area contributed by atoms with Gasteiger partial charge in [0.1, 0.15) is 15.9 Å². The lowest BCUT2D eigenvalue weighted by atomic mass is 9.97. The highest BCUT2D eigenvalue weighted by Gasteiger charge is 2.30. The summed E-state index contributed by atoms with van der Waals surface area (Å²) in [4.78, 5) is 0. The van der Waals surface area contributed by atoms with Gasteiger partial charge >= 0.3 is 0 Å². The van der Waals surface area contributed by atoms with Gasteiger partial charge < -0.3 is 9.84 Å². The average Bonchev–Trinajstić information content (AvgIpc) is 2.31. The van der Waals surface area contributed by atoms with E-state index >= 15 is 0 Å². The summed E-state index contributed by atoms with van der Waals surface area (Å²) >= 11 is 0. The third-order valence-corrected chi connectivity index (χ3v) is 4.98. The Labute approximate surface area is 108 Å². The molecule has 1 aliphatic rings. The van der Waals surface area contributed by atoms with Crippen molar-refractivity contribution in [1.82, 2.24) is 0 Å². The summed E-state index contributed by atoms with van der Waals surface area (Å²) in [7, 11) is -3.00. The molecule has 2 unspecified atom stereocenters. The van der Waals surface area contributed by atoms with Crippen molar-refractivity contribution in [2.45, 2.75) is 37.0 Å². The normalized spacial score (nSPS) is 24.7. The van der Waals surface area contributed by atoms with E-state index in [4.69, 9.17) is 4.74 Å². The Balaban J connectivity index is 2.05. The van der Waals surface area contributed by atoms with Crippen LogP contribution in [0, 0.1) is 0 Å². The number of phenolic OH excluding ortho intramolecular Hbond substituents is 1. The fourth-order valence-corrected chi connectivity index (χ4v) is 3.49. The zero-order valence-electron chi connectivity index (χ0n) is 10.4. The van der Waals surface area contributed by atoms with E-state index in [9.17, 15) is 13.5 Å². The van der Waals surface area contributed by atoms with Crippen molar-refractivity contribution < 1.29 is 18.3 Å². The van der Waals surface area contributed by atoms with Crippen LogP contribution in [0.2, 0.25) is 0 Å². The molecule has 18 heavy (non-hydrogen) atoms. The van der Waals surface area contributed by atoms with Crippen LogP contribution in [0.25, 0.3) is 0 Å². The van der Waals surface area contributed by atoms with Gasteiger partial charge in [0.25, 0.3) is 0 Å². The van der Waals surface area contributed by atoms with Crippen LogP contribution < -0.4 is 4.74 Å². The van der Waals surface area contributed by atoms with E-state index in [0.717, 1.165) is 12.8 Å². The fourth-order valence-electron chi connectivity index (χ4n) is 2.33. The minimum absolute atomic E-state index is 0.0963. The molecule has 2 atom stereocenters. The highest BCUT2D eigenvalue weighted by atomic mass is 32.2. The van der Waals surface area contributed by atoms with Crippen molar-refractivity contribution in [1.29, 1.82) is 0 Å². The van der Waals surface area contributed by atoms with Gasteiger partial charge in [0.05, 0.1) is 5.25 Å². The van der Waals surface area contributed by atoms with Crippen LogP contribution in [0.1, 0.15) is 25.7 Å². The molecule has 0 heterocycles. The van der Waals surface area contributed by atoms with Crippen molar-refractivity contribution in [3.8, 4) is 11.5 Å². The number of ether oxygens (including phenoxy) is 1. The van der Waals surface area contributed by atoms with Crippen molar-refractivity contribution in [2.75, 3.05) is 6.26 Å². The number of phenols is 1. The summed E-state index contributed by atoms with van der Waals surface area (Å²) in [6, 6.07) is 6.76. The van der Waals surface area contributed by atoms with Crippen LogP contribution in [0.3, 0.4) is 0 Å². The Hall–Kier alpha value is -1.23. The molecule has 0 radical (unpaired) electrons. The molecule has 100 valence electrons. The van der Waals surface area contributed by atoms with Gasteiger partial charge in [-0.15, -0.1) is 0 Å². The van der Waals surface area contributed by atoms with Gasteiger partial charge in [0.2, 0.25) is 0 Å². The molecule has 0 amide bonds. The molecule has 0 spiro atoms. The summed E-state index contributed by atoms with van der Waals surface area (Å²) in [6.07, 6.45) is 4.04. The third-order valence-electron chi connectivity index (χ3n) is 3.34. The smallest absolute Gasteiger partial charge is 0.161 e. The lowest BCUT2D eigenvalue weighted by Crippen LogP contribution is -2.33. The summed E-state index contributed by atoms with van der Waals surface area (Å²) in [5.41, 5.74) is 0. The molecule has 1 aromatic rings. The molecular formula is C13H18O4S. The standard InChI is InChI=1S/C13H18O4S/c1-18(15,16)11-6-4-5-10(9-11)17-13-8-3-2-7-12(13)14/h2-3,7-8,10-11,14H,4-6,9H2,1H3. The summed E-state index contributed by atoms with van der Waals surface area (Å²) in [5.74, 6) is 0.524. The molecule has 4 nitrogen and oxygen atoms in total. The average molecular weight is 270 g/mol. The molecule has 0 bridgehead atoms. The minimum Gasteiger partial charge on any atom is -0.504 e. The number of benzene rings is 1. The summed E-state index contributed by atoms with van der Waals surface area (Å²) < 4.78 is 28.8. The Kier molecular flexibility index (Phi) is 3.80. The molecule has 0 saturated heterocycles. The molecule has 1 saturated carbocycles. The maximum atomic E-state index is 11.5. The zero-order valence-corrected chi connectivity index (χ0v) is 11.2. The monoisotopic (exact) mass is 270 g/mol. The van der Waals surface area contributed by atoms with Gasteiger partial charge in [-0.3, -0.25) is 0 Å². The molecule has 2 rings (SSSR count). The molecule has 1 N–H and O–H groups in total. The van der Waals surface area contributed by atoms with Crippen LogP contribution >= 0.6 is 0 Å². The first-order valence-electron chi connectivity index (χ1n) is 6.10. The zero-order chi connectivity index (χ0) is 13.2. The van der Waals surface area contributed by atoms with Gasteiger partial charge in [-0.2, -0.15) is 0 Å². The fraction of sp³-hybridized carbons (Fsp3) is 0.538. The van der Waals surface area contributed by atoms with Crippen molar-refractivity contribution in [3.05, 3.63) is 24.3 Å². The van der Waals surface area contributed by atoms with E-state index in [1.165, 1.54) is 6.26 Å². The molecule has 1 aliphatic carbocycles. The third kappa shape index (κ3) is 3.16. The highest BCUT2D eigenvalue weighted by Crippen LogP contribution is 2.31. The van der Waals surface area contributed by atoms with E-state index in [0.29, 0.717) is 18.6 Å². The van der Waals surface area contributed by atoms with Crippen molar-refractivity contribution in [2.24, 2.45) is 0 Å². The molecule has 0 aliphatic heterocycles. The number of rotatable bonds is 3. The first kappa shape index (κ1) is 13.2. The van der Waals surface area contributed by atoms with Gasteiger partial charge in [-0.1, -0.05) is 12.1 Å². The first-order chi connectivity index (χ1) is 8.47. The number of hydrogen-bond acceptors (Lipinski definition) is 4. The van der Waals surface area contributed by atoms with Crippen LogP contribution in [-0.2, 0) is 9.84 Å². The Morgan fingerprint density at radius 2 is 2.00 bits per heavy atom. The van der Waals surface area contributed by atoms with Gasteiger partial charge in [0, 0.05) is 12.7 Å². The van der Waals surface area contributed by atoms with E-state index in [1.54, 1.807) is 24.3 Å². The van der Waals surface area contributed by atoms with Crippen molar-refractivity contribution >= 4 is 9.84 Å². The minimum atomic E-state index is -3.00. The lowest BCUT2D eigenvalue weighted by Gasteiger charge is -2.28. The highest BCUT2D eigenvalue weighted by molar-refractivity contribution is 7.91. The maximum Gasteiger partial charge on any atom is 0.161 e. The summed E-state index contributed by atoms with van der Waals surface area (Å²) in [6.45, 7) is 0. The Morgan fingerprint density at radius 3 is 2.67 bits per heavy atom. The molecule has 5 heteroatoms. The first-order valence-corrected chi connectivity index (χ1v) is 8.06. The van der Waals surface area contributed by atoms with E-state index < -0.39 is 9.84 Å². The largest absolute Gasteiger partial charge is 0.504 e. The van der Waals surface area contributed by atoms with Crippen LogP contribution in [0.5, 0.6) is 11.5 Å². The number of hydrogen-bond donors (Lipinski definition) is 1. The molecule has 0 aromatic heterocycles. The molecule has 1 aromatic carbocycles. The number of aromatic hydroxyl groups is 1. The predicted molar refractivity (Wildman–Crippen MR) is 69.6 cm³/mol. The van der Waals surface area contributed by atoms with Gasteiger partial charge in [-0.25, -0.2) is 8.42 Å². The molecule has 1 fully saturated rings. The van der Waals surface area contributed by atoms with Crippen LogP contribution in [-0.4, -0.2) is 31.1 Å². The van der Waals surface area contributed by atoms with Crippen LogP contribution in [0.15, 0.2) is 24.3 Å². The maximum absolute atomic E-state index is 11.5. The van der Waals surface area contributed by atoms with E-state index in [-0.39, 0.29) is 17.1 Å². The molecular weight excluding hydrogens is 252 g/mol. The van der Waals surface area contributed by atoms with Crippen LogP contribution in [0.4, 0.5) is 0 Å². The Bertz CT molecular complexity index is 509. The quantitative estimate of drug-likeness (QED) is 0.914. The lowest BCUT2D eigenvalue weighted by molar-refractivity contribution is 0.151. The second kappa shape index (κ2) is 5.18. The van der Waals surface area contributed by atoms with E-state index in [1.807, 2.05) is 0 Å². The Morgan fingerprint density at radius 1 is 1.28 bits per heavy atom. The number of para-hydroxylation sites is 2. The SMILES string of the molecule is CS(=O)(=O)C1CCCC(Oc2ccccc2O)C1. The second-order valence-corrected chi connectivity index (χ2v) is 7.15. The second-order valence-electron chi connectivity index (χ2n) is 4.83. The van der Waals surface area contributed by atoms with Gasteiger partial charge in [-0.05, 0) is 31.4 Å². The van der Waals surface area contributed by atoms with Crippen molar-refractivity contribution in [3.63, 3.8) is 0 Å².